The Balaban J connectivity index is 2.25. The zero-order chi connectivity index (χ0) is 13.1. The molecule has 0 fully saturated rings. The minimum Gasteiger partial charge on any atom is -0.335 e. The lowest BCUT2D eigenvalue weighted by atomic mass is 10.1. The highest BCUT2D eigenvalue weighted by molar-refractivity contribution is 9.10. The van der Waals surface area contributed by atoms with Gasteiger partial charge in [-0.1, -0.05) is 18.2 Å². The average molecular weight is 307 g/mol. The van der Waals surface area contributed by atoms with Crippen molar-refractivity contribution in [2.45, 2.75) is 26.8 Å². The van der Waals surface area contributed by atoms with Crippen molar-refractivity contribution < 1.29 is 4.79 Å². The van der Waals surface area contributed by atoms with Gasteiger partial charge < -0.3 is 4.57 Å². The van der Waals surface area contributed by atoms with Crippen molar-refractivity contribution in [3.8, 4) is 0 Å². The van der Waals surface area contributed by atoms with Crippen LogP contribution >= 0.6 is 15.9 Å². The number of hydrogen-bond donors (Lipinski definition) is 0. The number of benzene rings is 1. The number of aryl methyl sites for hydroxylation is 2. The maximum absolute atomic E-state index is 12.3. The van der Waals surface area contributed by atoms with Crippen LogP contribution in [-0.4, -0.2) is 15.3 Å². The number of carbonyl (C=O) groups is 1. The molecule has 0 aliphatic heterocycles. The van der Waals surface area contributed by atoms with Crippen LogP contribution in [0.25, 0.3) is 0 Å². The SMILES string of the molecule is CCn1ccnc1CC(=O)c1cccc(C)c1Br. The zero-order valence-electron chi connectivity index (χ0n) is 10.5. The molecule has 1 aromatic carbocycles. The van der Waals surface area contributed by atoms with E-state index < -0.39 is 0 Å². The number of carbonyl (C=O) groups excluding carboxylic acids is 1. The normalized spacial score (nSPS) is 10.6. The second-order valence-electron chi connectivity index (χ2n) is 4.17. The molecule has 0 saturated heterocycles. The van der Waals surface area contributed by atoms with Crippen molar-refractivity contribution in [2.75, 3.05) is 0 Å². The van der Waals surface area contributed by atoms with Gasteiger partial charge in [-0.15, -0.1) is 0 Å². The molecule has 0 atom stereocenters. The third kappa shape index (κ3) is 2.53. The molecule has 18 heavy (non-hydrogen) atoms. The Labute approximate surface area is 115 Å². The molecule has 4 heteroatoms. The van der Waals surface area contributed by atoms with Crippen molar-refractivity contribution >= 4 is 21.7 Å². The molecular formula is C14H15BrN2O. The van der Waals surface area contributed by atoms with Crippen LogP contribution < -0.4 is 0 Å². The monoisotopic (exact) mass is 306 g/mol. The first-order valence-electron chi connectivity index (χ1n) is 5.91. The highest BCUT2D eigenvalue weighted by Crippen LogP contribution is 2.22. The molecule has 2 rings (SSSR count). The summed E-state index contributed by atoms with van der Waals surface area (Å²) in [7, 11) is 0. The van der Waals surface area contributed by atoms with Gasteiger partial charge in [0.05, 0.1) is 6.42 Å². The molecule has 0 saturated carbocycles. The largest absolute Gasteiger partial charge is 0.335 e. The minimum absolute atomic E-state index is 0.0893. The zero-order valence-corrected chi connectivity index (χ0v) is 12.1. The smallest absolute Gasteiger partial charge is 0.171 e. The summed E-state index contributed by atoms with van der Waals surface area (Å²) in [5.74, 6) is 0.905. The van der Waals surface area contributed by atoms with Crippen molar-refractivity contribution in [1.29, 1.82) is 0 Å². The Hall–Kier alpha value is -1.42. The second kappa shape index (κ2) is 5.48. The van der Waals surface area contributed by atoms with E-state index in [0.29, 0.717) is 6.42 Å². The van der Waals surface area contributed by atoms with Gasteiger partial charge in [-0.05, 0) is 35.3 Å². The van der Waals surface area contributed by atoms with Crippen molar-refractivity contribution in [2.24, 2.45) is 0 Å². The Kier molecular flexibility index (Phi) is 3.97. The molecule has 94 valence electrons. The number of hydrogen-bond acceptors (Lipinski definition) is 2. The maximum atomic E-state index is 12.3. The van der Waals surface area contributed by atoms with Crippen molar-refractivity contribution in [3.05, 3.63) is 52.0 Å². The number of halogens is 1. The van der Waals surface area contributed by atoms with Crippen LogP contribution in [-0.2, 0) is 13.0 Å². The highest BCUT2D eigenvalue weighted by Gasteiger charge is 2.14. The third-order valence-corrected chi connectivity index (χ3v) is 4.01. The van der Waals surface area contributed by atoms with Gasteiger partial charge in [0.15, 0.2) is 5.78 Å². The summed E-state index contributed by atoms with van der Waals surface area (Å²) in [6, 6.07) is 5.73. The van der Waals surface area contributed by atoms with E-state index in [1.165, 1.54) is 0 Å². The van der Waals surface area contributed by atoms with Gasteiger partial charge in [0, 0.05) is 29.0 Å². The van der Waals surface area contributed by atoms with Crippen LogP contribution in [0, 0.1) is 6.92 Å². The Morgan fingerprint density at radius 1 is 1.44 bits per heavy atom. The quantitative estimate of drug-likeness (QED) is 0.812. The van der Waals surface area contributed by atoms with E-state index in [4.69, 9.17) is 0 Å². The molecule has 1 heterocycles. The Morgan fingerprint density at radius 3 is 2.94 bits per heavy atom. The molecule has 0 aliphatic rings. The molecule has 0 N–H and O–H groups in total. The summed E-state index contributed by atoms with van der Waals surface area (Å²) >= 11 is 3.47. The third-order valence-electron chi connectivity index (χ3n) is 2.95. The fraction of sp³-hybridized carbons (Fsp3) is 0.286. The molecule has 0 aliphatic carbocycles. The Morgan fingerprint density at radius 2 is 2.22 bits per heavy atom. The second-order valence-corrected chi connectivity index (χ2v) is 4.96. The number of Topliss-reactive ketones (excluding diaryl/α,β-unsaturated/α-hetero) is 1. The summed E-state index contributed by atoms with van der Waals surface area (Å²) in [5.41, 5.74) is 1.79. The molecule has 2 aromatic rings. The molecule has 0 bridgehead atoms. The van der Waals surface area contributed by atoms with Gasteiger partial charge in [-0.2, -0.15) is 0 Å². The number of rotatable bonds is 4. The summed E-state index contributed by atoms with van der Waals surface area (Å²) in [6.07, 6.45) is 3.97. The van der Waals surface area contributed by atoms with Gasteiger partial charge in [0.1, 0.15) is 5.82 Å². The van der Waals surface area contributed by atoms with E-state index in [1.807, 2.05) is 42.8 Å². The number of aromatic nitrogens is 2. The van der Waals surface area contributed by atoms with Gasteiger partial charge in [0.25, 0.3) is 0 Å². The molecule has 0 radical (unpaired) electrons. The van der Waals surface area contributed by atoms with Crippen LogP contribution in [0.1, 0.15) is 28.7 Å². The summed E-state index contributed by atoms with van der Waals surface area (Å²) in [6.45, 7) is 4.85. The lowest BCUT2D eigenvalue weighted by Crippen LogP contribution is -2.10. The lowest BCUT2D eigenvalue weighted by molar-refractivity contribution is 0.0989. The summed E-state index contributed by atoms with van der Waals surface area (Å²) in [4.78, 5) is 16.5. The number of nitrogens with zero attached hydrogens (tertiary/aromatic N) is 2. The average Bonchev–Trinajstić information content (AvgIpc) is 2.79. The number of imidazole rings is 1. The molecular weight excluding hydrogens is 292 g/mol. The number of ketones is 1. The van der Waals surface area contributed by atoms with Crippen molar-refractivity contribution in [3.63, 3.8) is 0 Å². The highest BCUT2D eigenvalue weighted by atomic mass is 79.9. The van der Waals surface area contributed by atoms with Crippen molar-refractivity contribution in [1.82, 2.24) is 9.55 Å². The van der Waals surface area contributed by atoms with E-state index in [9.17, 15) is 4.79 Å². The van der Waals surface area contributed by atoms with Crippen LogP contribution in [0.2, 0.25) is 0 Å². The fourth-order valence-corrected chi connectivity index (χ4v) is 2.38. The standard InChI is InChI=1S/C14H15BrN2O/c1-3-17-8-7-16-13(17)9-12(18)11-6-4-5-10(2)14(11)15/h4-8H,3,9H2,1-2H3. The van der Waals surface area contributed by atoms with E-state index in [1.54, 1.807) is 6.20 Å². The molecule has 0 amide bonds. The van der Waals surface area contributed by atoms with Crippen LogP contribution in [0.4, 0.5) is 0 Å². The van der Waals surface area contributed by atoms with Crippen LogP contribution in [0.5, 0.6) is 0 Å². The first-order valence-corrected chi connectivity index (χ1v) is 6.71. The van der Waals surface area contributed by atoms with E-state index >= 15 is 0 Å². The van der Waals surface area contributed by atoms with E-state index in [0.717, 1.165) is 28.0 Å². The first kappa shape index (κ1) is 13.0. The van der Waals surface area contributed by atoms with Gasteiger partial charge >= 0.3 is 0 Å². The molecule has 3 nitrogen and oxygen atoms in total. The minimum atomic E-state index is 0.0893. The van der Waals surface area contributed by atoms with Gasteiger partial charge in [-0.3, -0.25) is 4.79 Å². The van der Waals surface area contributed by atoms with Gasteiger partial charge in [-0.25, -0.2) is 4.98 Å². The molecule has 0 unspecified atom stereocenters. The molecule has 1 aromatic heterocycles. The summed E-state index contributed by atoms with van der Waals surface area (Å²) < 4.78 is 2.87. The van der Waals surface area contributed by atoms with Crippen LogP contribution in [0.15, 0.2) is 35.1 Å². The fourth-order valence-electron chi connectivity index (χ4n) is 1.90. The first-order chi connectivity index (χ1) is 8.63. The van der Waals surface area contributed by atoms with E-state index in [2.05, 4.69) is 20.9 Å². The van der Waals surface area contributed by atoms with Crippen LogP contribution in [0.3, 0.4) is 0 Å². The lowest BCUT2D eigenvalue weighted by Gasteiger charge is -2.07. The predicted octanol–water partition coefficient (Wildman–Crippen LogP) is 3.40. The van der Waals surface area contributed by atoms with Gasteiger partial charge in [0.2, 0.25) is 0 Å². The molecule has 0 spiro atoms. The predicted molar refractivity (Wildman–Crippen MR) is 74.8 cm³/mol. The maximum Gasteiger partial charge on any atom is 0.171 e. The topological polar surface area (TPSA) is 34.9 Å². The Bertz CT molecular complexity index is 575. The van der Waals surface area contributed by atoms with E-state index in [-0.39, 0.29) is 5.78 Å². The summed E-state index contributed by atoms with van der Waals surface area (Å²) in [5, 5.41) is 0.